The molecule has 10 heteroatoms. The number of benzene rings is 1. The molecule has 0 saturated heterocycles. The molecular formula is C26H30O4S6. The van der Waals surface area contributed by atoms with Gasteiger partial charge in [-0.1, -0.05) is 37.4 Å². The average molecular weight is 599 g/mol. The number of carbonyl (C=O) groups excluding carboxylic acids is 2. The highest BCUT2D eigenvalue weighted by Crippen LogP contribution is 2.48. The van der Waals surface area contributed by atoms with E-state index >= 15 is 0 Å². The molecule has 0 fully saturated rings. The topological polar surface area (TPSA) is 52.6 Å². The normalized spacial score (nSPS) is 19.5. The fraction of sp³-hybridized carbons (Fsp3) is 0.385. The van der Waals surface area contributed by atoms with Gasteiger partial charge in [-0.05, 0) is 34.8 Å². The van der Waals surface area contributed by atoms with E-state index in [9.17, 15) is 9.59 Å². The number of allylic oxidation sites excluding steroid dienone is 2. The van der Waals surface area contributed by atoms with Crippen LogP contribution in [0, 0.1) is 0 Å². The molecule has 0 saturated carbocycles. The third kappa shape index (κ3) is 9.83. The molecule has 0 aromatic heterocycles. The molecule has 2 unspecified atom stereocenters. The Kier molecular flexibility index (Phi) is 12.9. The van der Waals surface area contributed by atoms with Crippen LogP contribution in [-0.4, -0.2) is 45.8 Å². The van der Waals surface area contributed by atoms with Crippen LogP contribution in [0.1, 0.15) is 25.0 Å². The van der Waals surface area contributed by atoms with Gasteiger partial charge in [0.15, 0.2) is 0 Å². The van der Waals surface area contributed by atoms with Crippen molar-refractivity contribution in [2.75, 3.05) is 24.7 Å². The van der Waals surface area contributed by atoms with Crippen LogP contribution < -0.4 is 0 Å². The quantitative estimate of drug-likeness (QED) is 0.157. The van der Waals surface area contributed by atoms with E-state index in [0.29, 0.717) is 22.4 Å². The third-order valence-corrected chi connectivity index (χ3v) is 13.8. The first kappa shape index (κ1) is 29.8. The summed E-state index contributed by atoms with van der Waals surface area (Å²) in [6, 6.07) is 8.87. The van der Waals surface area contributed by atoms with Crippen molar-refractivity contribution in [3.05, 3.63) is 80.3 Å². The van der Waals surface area contributed by atoms with Gasteiger partial charge in [0, 0.05) is 45.0 Å². The van der Waals surface area contributed by atoms with E-state index in [1.807, 2.05) is 70.6 Å². The second kappa shape index (κ2) is 15.6. The van der Waals surface area contributed by atoms with Gasteiger partial charge in [0.1, 0.15) is 13.2 Å². The van der Waals surface area contributed by atoms with E-state index in [2.05, 4.69) is 51.3 Å². The van der Waals surface area contributed by atoms with Gasteiger partial charge in [-0.3, -0.25) is 0 Å². The van der Waals surface area contributed by atoms with Crippen LogP contribution in [0.2, 0.25) is 0 Å². The van der Waals surface area contributed by atoms with Crippen LogP contribution in [0.25, 0.3) is 0 Å². The van der Waals surface area contributed by atoms with Crippen molar-refractivity contribution in [3.63, 3.8) is 0 Å². The summed E-state index contributed by atoms with van der Waals surface area (Å²) < 4.78 is 11.3. The molecule has 0 spiro atoms. The monoisotopic (exact) mass is 598 g/mol. The van der Waals surface area contributed by atoms with Crippen LogP contribution in [0.3, 0.4) is 0 Å². The maximum absolute atomic E-state index is 11.3. The van der Waals surface area contributed by atoms with Crippen molar-refractivity contribution in [1.29, 1.82) is 0 Å². The lowest BCUT2D eigenvalue weighted by atomic mass is 10.2. The van der Waals surface area contributed by atoms with E-state index in [1.54, 1.807) is 0 Å². The lowest BCUT2D eigenvalue weighted by Gasteiger charge is -2.11. The summed E-state index contributed by atoms with van der Waals surface area (Å²) in [6.45, 7) is 11.8. The Bertz CT molecular complexity index is 958. The highest BCUT2D eigenvalue weighted by Gasteiger charge is 2.25. The second-order valence-corrected chi connectivity index (χ2v) is 15.8. The van der Waals surface area contributed by atoms with Gasteiger partial charge >= 0.3 is 11.9 Å². The number of rotatable bonds is 14. The van der Waals surface area contributed by atoms with Gasteiger partial charge in [0.25, 0.3) is 0 Å². The van der Waals surface area contributed by atoms with Crippen molar-refractivity contribution in [2.24, 2.45) is 0 Å². The molecule has 2 atom stereocenters. The predicted octanol–water partition coefficient (Wildman–Crippen LogP) is 7.69. The first-order valence-electron chi connectivity index (χ1n) is 11.3. The Morgan fingerprint density at radius 3 is 1.69 bits per heavy atom. The Labute approximate surface area is 239 Å². The predicted molar refractivity (Wildman–Crippen MR) is 164 cm³/mol. The largest absolute Gasteiger partial charge is 0.457 e. The summed E-state index contributed by atoms with van der Waals surface area (Å²) in [5.41, 5.74) is 2.70. The number of hydrogen-bond acceptors (Lipinski definition) is 10. The highest BCUT2D eigenvalue weighted by molar-refractivity contribution is 8.24. The summed E-state index contributed by atoms with van der Waals surface area (Å²) in [5, 5.41) is 0. The average Bonchev–Trinajstić information content (AvgIpc) is 3.41. The van der Waals surface area contributed by atoms with E-state index in [-0.39, 0.29) is 11.9 Å². The number of ether oxygens (including phenoxy) is 2. The SMILES string of the molecule is C=CC(=O)OCC1=C(C)SC(CSCc2cccc(CSCC3SC(C)=C(COC(=O)C=C)S3)c2)S1. The third-order valence-electron chi connectivity index (χ3n) is 5.01. The van der Waals surface area contributed by atoms with Gasteiger partial charge in [0.2, 0.25) is 0 Å². The smallest absolute Gasteiger partial charge is 0.330 e. The maximum Gasteiger partial charge on any atom is 0.330 e. The van der Waals surface area contributed by atoms with Crippen molar-refractivity contribution < 1.29 is 19.1 Å². The van der Waals surface area contributed by atoms with E-state index < -0.39 is 0 Å². The van der Waals surface area contributed by atoms with E-state index in [4.69, 9.17) is 9.47 Å². The van der Waals surface area contributed by atoms with Crippen LogP contribution in [0.15, 0.2) is 69.2 Å². The lowest BCUT2D eigenvalue weighted by Crippen LogP contribution is -2.03. The molecule has 2 aliphatic rings. The summed E-state index contributed by atoms with van der Waals surface area (Å²) in [6.07, 6.45) is 2.41. The van der Waals surface area contributed by atoms with E-state index in [0.717, 1.165) is 32.8 Å². The number of hydrogen-bond donors (Lipinski definition) is 0. The molecule has 36 heavy (non-hydrogen) atoms. The molecule has 4 nitrogen and oxygen atoms in total. The molecule has 2 heterocycles. The summed E-state index contributed by atoms with van der Waals surface area (Å²) in [5.74, 6) is 3.30. The van der Waals surface area contributed by atoms with Crippen molar-refractivity contribution in [1.82, 2.24) is 0 Å². The molecule has 194 valence electrons. The number of esters is 2. The molecule has 1 aromatic carbocycles. The van der Waals surface area contributed by atoms with Gasteiger partial charge in [-0.2, -0.15) is 23.5 Å². The van der Waals surface area contributed by atoms with Crippen molar-refractivity contribution in [2.45, 2.75) is 34.5 Å². The zero-order valence-electron chi connectivity index (χ0n) is 20.4. The molecule has 0 radical (unpaired) electrons. The van der Waals surface area contributed by atoms with Crippen LogP contribution in [0.5, 0.6) is 0 Å². The zero-order valence-corrected chi connectivity index (χ0v) is 25.3. The molecule has 2 aliphatic heterocycles. The fourth-order valence-electron chi connectivity index (χ4n) is 3.21. The fourth-order valence-corrected chi connectivity index (χ4v) is 11.8. The summed E-state index contributed by atoms with van der Waals surface area (Å²) >= 11 is 11.2. The number of thioether (sulfide) groups is 6. The Morgan fingerprint density at radius 1 is 0.833 bits per heavy atom. The summed E-state index contributed by atoms with van der Waals surface area (Å²) in [7, 11) is 0. The molecule has 3 rings (SSSR count). The Morgan fingerprint density at radius 2 is 1.28 bits per heavy atom. The molecule has 1 aromatic rings. The van der Waals surface area contributed by atoms with Crippen LogP contribution in [-0.2, 0) is 30.6 Å². The molecule has 0 bridgehead atoms. The van der Waals surface area contributed by atoms with Crippen LogP contribution >= 0.6 is 70.6 Å². The van der Waals surface area contributed by atoms with Crippen molar-refractivity contribution >= 4 is 82.5 Å². The minimum absolute atomic E-state index is 0.340. The van der Waals surface area contributed by atoms with Gasteiger partial charge in [-0.25, -0.2) is 9.59 Å². The number of carbonyl (C=O) groups is 2. The van der Waals surface area contributed by atoms with Gasteiger partial charge in [0.05, 0.1) is 9.16 Å². The molecular weight excluding hydrogens is 569 g/mol. The standard InChI is InChI=1S/C26H30O4S6/c1-5-23(27)29-11-21-17(3)33-25(35-21)15-31-13-19-8-7-9-20(10-19)14-32-16-26-34-18(4)22(36-26)12-30-24(28)6-2/h5-10,25-26H,1-2,11-16H2,3-4H3. The second-order valence-electron chi connectivity index (χ2n) is 7.76. The molecule has 0 amide bonds. The van der Waals surface area contributed by atoms with Gasteiger partial charge < -0.3 is 9.47 Å². The van der Waals surface area contributed by atoms with Crippen LogP contribution in [0.4, 0.5) is 0 Å². The maximum atomic E-state index is 11.3. The zero-order chi connectivity index (χ0) is 25.9. The Hall–Kier alpha value is -0.780. The minimum Gasteiger partial charge on any atom is -0.457 e. The van der Waals surface area contributed by atoms with E-state index in [1.165, 1.54) is 33.1 Å². The molecule has 0 aliphatic carbocycles. The first-order chi connectivity index (χ1) is 17.4. The minimum atomic E-state index is -0.374. The lowest BCUT2D eigenvalue weighted by molar-refractivity contribution is -0.137. The van der Waals surface area contributed by atoms with Gasteiger partial charge in [-0.15, -0.1) is 47.0 Å². The Balaban J connectivity index is 1.34. The van der Waals surface area contributed by atoms with Crippen molar-refractivity contribution in [3.8, 4) is 0 Å². The summed E-state index contributed by atoms with van der Waals surface area (Å²) in [4.78, 5) is 27.4. The first-order valence-corrected chi connectivity index (χ1v) is 17.1. The highest BCUT2D eigenvalue weighted by atomic mass is 32.2. The molecule has 0 N–H and O–H groups in total.